The van der Waals surface area contributed by atoms with Crippen molar-refractivity contribution in [1.29, 1.82) is 0 Å². The van der Waals surface area contributed by atoms with Gasteiger partial charge < -0.3 is 11.1 Å². The molecule has 1 aliphatic heterocycles. The van der Waals surface area contributed by atoms with Crippen LogP contribution in [0.2, 0.25) is 0 Å². The van der Waals surface area contributed by atoms with Crippen molar-refractivity contribution in [2.45, 2.75) is 37.6 Å². The quantitative estimate of drug-likeness (QED) is 0.847. The SMILES string of the molecule is Cc1ccc(C)c2c1NC(CCCN)CS2. The summed E-state index contributed by atoms with van der Waals surface area (Å²) >= 11 is 1.98. The van der Waals surface area contributed by atoms with Crippen molar-refractivity contribution in [2.75, 3.05) is 17.6 Å². The summed E-state index contributed by atoms with van der Waals surface area (Å²) in [5.74, 6) is 1.16. The Labute approximate surface area is 102 Å². The molecule has 0 saturated heterocycles. The predicted octanol–water partition coefficient (Wildman–Crippen LogP) is 2.93. The minimum atomic E-state index is 0.585. The monoisotopic (exact) mass is 236 g/mol. The van der Waals surface area contributed by atoms with Gasteiger partial charge in [0.05, 0.1) is 5.69 Å². The Morgan fingerprint density at radius 3 is 2.88 bits per heavy atom. The van der Waals surface area contributed by atoms with Crippen LogP contribution in [0, 0.1) is 13.8 Å². The zero-order chi connectivity index (χ0) is 11.5. The highest BCUT2D eigenvalue weighted by Gasteiger charge is 2.20. The van der Waals surface area contributed by atoms with Crippen LogP contribution >= 0.6 is 11.8 Å². The van der Waals surface area contributed by atoms with Crippen molar-refractivity contribution in [3.05, 3.63) is 23.3 Å². The molecule has 3 heteroatoms. The Morgan fingerprint density at radius 2 is 2.12 bits per heavy atom. The fourth-order valence-corrected chi connectivity index (χ4v) is 3.38. The summed E-state index contributed by atoms with van der Waals surface area (Å²) in [6, 6.07) is 5.00. The van der Waals surface area contributed by atoms with E-state index in [1.165, 1.54) is 28.1 Å². The molecule has 2 nitrogen and oxygen atoms in total. The van der Waals surface area contributed by atoms with Gasteiger partial charge >= 0.3 is 0 Å². The molecule has 0 saturated carbocycles. The minimum Gasteiger partial charge on any atom is -0.380 e. The smallest absolute Gasteiger partial charge is 0.0513 e. The lowest BCUT2D eigenvalue weighted by atomic mass is 10.1. The topological polar surface area (TPSA) is 38.0 Å². The third-order valence-corrected chi connectivity index (χ3v) is 4.48. The lowest BCUT2D eigenvalue weighted by molar-refractivity contribution is 0.663. The van der Waals surface area contributed by atoms with Crippen LogP contribution in [0.1, 0.15) is 24.0 Å². The van der Waals surface area contributed by atoms with Gasteiger partial charge in [0.15, 0.2) is 0 Å². The number of nitrogens with two attached hydrogens (primary N) is 1. The second-order valence-electron chi connectivity index (χ2n) is 4.49. The van der Waals surface area contributed by atoms with Gasteiger partial charge in [-0.25, -0.2) is 0 Å². The Kier molecular flexibility index (Phi) is 3.77. The molecule has 0 radical (unpaired) electrons. The molecule has 0 aliphatic carbocycles. The van der Waals surface area contributed by atoms with Gasteiger partial charge in [-0.1, -0.05) is 12.1 Å². The molecular formula is C13H20N2S. The maximum atomic E-state index is 5.56. The number of anilines is 1. The van der Waals surface area contributed by atoms with Gasteiger partial charge in [0.25, 0.3) is 0 Å². The van der Waals surface area contributed by atoms with E-state index < -0.39 is 0 Å². The summed E-state index contributed by atoms with van der Waals surface area (Å²) in [4.78, 5) is 1.43. The molecule has 16 heavy (non-hydrogen) atoms. The summed E-state index contributed by atoms with van der Waals surface area (Å²) in [5, 5.41) is 3.66. The van der Waals surface area contributed by atoms with Gasteiger partial charge in [-0.05, 0) is 44.4 Å². The Bertz CT molecular complexity index is 376. The average molecular weight is 236 g/mol. The van der Waals surface area contributed by atoms with Crippen molar-refractivity contribution in [3.8, 4) is 0 Å². The van der Waals surface area contributed by atoms with Gasteiger partial charge in [-0.2, -0.15) is 0 Å². The summed E-state index contributed by atoms with van der Waals surface area (Å²) in [6.07, 6.45) is 2.29. The van der Waals surface area contributed by atoms with E-state index in [9.17, 15) is 0 Å². The lowest BCUT2D eigenvalue weighted by Crippen LogP contribution is -2.27. The second-order valence-corrected chi connectivity index (χ2v) is 5.52. The zero-order valence-corrected chi connectivity index (χ0v) is 10.9. The molecule has 0 bridgehead atoms. The summed E-state index contributed by atoms with van der Waals surface area (Å²) in [5.41, 5.74) is 9.64. The highest BCUT2D eigenvalue weighted by atomic mass is 32.2. The van der Waals surface area contributed by atoms with Crippen LogP contribution < -0.4 is 11.1 Å². The van der Waals surface area contributed by atoms with Crippen LogP contribution in [0.5, 0.6) is 0 Å². The molecule has 0 amide bonds. The first-order chi connectivity index (χ1) is 7.72. The van der Waals surface area contributed by atoms with Crippen LogP contribution in [-0.2, 0) is 0 Å². The van der Waals surface area contributed by atoms with Crippen LogP contribution in [0.25, 0.3) is 0 Å². The molecule has 3 N–H and O–H groups in total. The number of nitrogens with one attached hydrogen (secondary N) is 1. The molecule has 1 aliphatic rings. The average Bonchev–Trinajstić information content (AvgIpc) is 2.31. The summed E-state index contributed by atoms with van der Waals surface area (Å²) in [6.45, 7) is 5.16. The van der Waals surface area contributed by atoms with E-state index in [0.717, 1.165) is 18.7 Å². The molecule has 1 atom stereocenters. The van der Waals surface area contributed by atoms with E-state index in [-0.39, 0.29) is 0 Å². The van der Waals surface area contributed by atoms with E-state index in [4.69, 9.17) is 5.73 Å². The van der Waals surface area contributed by atoms with E-state index in [2.05, 4.69) is 31.3 Å². The lowest BCUT2D eigenvalue weighted by Gasteiger charge is -2.29. The molecule has 1 aromatic rings. The molecule has 88 valence electrons. The van der Waals surface area contributed by atoms with E-state index in [1.54, 1.807) is 0 Å². The molecule has 1 aromatic carbocycles. The highest BCUT2D eigenvalue weighted by molar-refractivity contribution is 7.99. The molecule has 1 unspecified atom stereocenters. The number of benzene rings is 1. The first-order valence-electron chi connectivity index (χ1n) is 5.92. The molecule has 1 heterocycles. The maximum Gasteiger partial charge on any atom is 0.0513 e. The fourth-order valence-electron chi connectivity index (χ4n) is 2.10. The fraction of sp³-hybridized carbons (Fsp3) is 0.538. The van der Waals surface area contributed by atoms with Crippen molar-refractivity contribution in [2.24, 2.45) is 5.73 Å². The number of rotatable bonds is 3. The van der Waals surface area contributed by atoms with Gasteiger partial charge in [0.1, 0.15) is 0 Å². The Balaban J connectivity index is 2.16. The van der Waals surface area contributed by atoms with Crippen molar-refractivity contribution in [1.82, 2.24) is 0 Å². The molecule has 0 spiro atoms. The van der Waals surface area contributed by atoms with Crippen LogP contribution in [0.15, 0.2) is 17.0 Å². The van der Waals surface area contributed by atoms with Crippen molar-refractivity contribution >= 4 is 17.4 Å². The predicted molar refractivity (Wildman–Crippen MR) is 72.3 cm³/mol. The van der Waals surface area contributed by atoms with Gasteiger partial charge in [0.2, 0.25) is 0 Å². The second kappa shape index (κ2) is 5.11. The third kappa shape index (κ3) is 2.36. The van der Waals surface area contributed by atoms with Gasteiger partial charge in [-0.15, -0.1) is 11.8 Å². The first kappa shape index (κ1) is 11.8. The Morgan fingerprint density at radius 1 is 1.38 bits per heavy atom. The van der Waals surface area contributed by atoms with Crippen LogP contribution in [0.3, 0.4) is 0 Å². The number of fused-ring (bicyclic) bond motifs is 1. The Hall–Kier alpha value is -0.670. The standard InChI is InChI=1S/C13H20N2S/c1-9-5-6-10(2)13-12(9)15-11(8-16-13)4-3-7-14/h5-6,11,15H,3-4,7-8,14H2,1-2H3. The first-order valence-corrected chi connectivity index (χ1v) is 6.90. The van der Waals surface area contributed by atoms with Gasteiger partial charge in [-0.3, -0.25) is 0 Å². The molecule has 0 fully saturated rings. The largest absolute Gasteiger partial charge is 0.380 e. The number of hydrogen-bond donors (Lipinski definition) is 2. The number of aryl methyl sites for hydroxylation is 2. The van der Waals surface area contributed by atoms with Crippen molar-refractivity contribution < 1.29 is 0 Å². The highest BCUT2D eigenvalue weighted by Crippen LogP contribution is 2.38. The van der Waals surface area contributed by atoms with E-state index >= 15 is 0 Å². The molecule has 2 rings (SSSR count). The van der Waals surface area contributed by atoms with Crippen molar-refractivity contribution in [3.63, 3.8) is 0 Å². The van der Waals surface area contributed by atoms with Gasteiger partial charge in [0, 0.05) is 16.7 Å². The summed E-state index contributed by atoms with van der Waals surface area (Å²) in [7, 11) is 0. The van der Waals surface area contributed by atoms with E-state index in [0.29, 0.717) is 6.04 Å². The normalized spacial score (nSPS) is 19.1. The molecule has 0 aromatic heterocycles. The zero-order valence-electron chi connectivity index (χ0n) is 10.0. The maximum absolute atomic E-state index is 5.56. The van der Waals surface area contributed by atoms with E-state index in [1.807, 2.05) is 11.8 Å². The third-order valence-electron chi connectivity index (χ3n) is 3.10. The molecular weight excluding hydrogens is 216 g/mol. The number of thioether (sulfide) groups is 1. The van der Waals surface area contributed by atoms with Crippen LogP contribution in [-0.4, -0.2) is 18.3 Å². The summed E-state index contributed by atoms with van der Waals surface area (Å²) < 4.78 is 0. The van der Waals surface area contributed by atoms with Crippen LogP contribution in [0.4, 0.5) is 5.69 Å². The number of hydrogen-bond acceptors (Lipinski definition) is 3. The minimum absolute atomic E-state index is 0.585.